The van der Waals surface area contributed by atoms with Gasteiger partial charge in [-0.3, -0.25) is 0 Å². The summed E-state index contributed by atoms with van der Waals surface area (Å²) in [6, 6.07) is 17.6. The Bertz CT molecular complexity index is 978. The summed E-state index contributed by atoms with van der Waals surface area (Å²) in [5, 5.41) is 0. The lowest BCUT2D eigenvalue weighted by Gasteiger charge is -2.24. The second-order valence-corrected chi connectivity index (χ2v) is 9.38. The lowest BCUT2D eigenvalue weighted by molar-refractivity contribution is -0.139. The maximum Gasteiger partial charge on any atom is 0.338 e. The molecule has 5 nitrogen and oxygen atoms in total. The summed E-state index contributed by atoms with van der Waals surface area (Å²) in [5.74, 6) is -0.644. The van der Waals surface area contributed by atoms with Crippen molar-refractivity contribution in [2.24, 2.45) is 11.8 Å². The number of benzene rings is 2. The van der Waals surface area contributed by atoms with Gasteiger partial charge in [-0.15, -0.1) is 0 Å². The summed E-state index contributed by atoms with van der Waals surface area (Å²) < 4.78 is 37.4. The summed E-state index contributed by atoms with van der Waals surface area (Å²) >= 11 is 0. The average Bonchev–Trinajstić information content (AvgIpc) is 3.08. The van der Waals surface area contributed by atoms with E-state index in [0.717, 1.165) is 5.56 Å². The molecule has 0 fully saturated rings. The van der Waals surface area contributed by atoms with Crippen LogP contribution in [0.4, 0.5) is 0 Å². The molecule has 1 aliphatic rings. The van der Waals surface area contributed by atoms with Crippen molar-refractivity contribution in [3.63, 3.8) is 0 Å². The Morgan fingerprint density at radius 1 is 1.03 bits per heavy atom. The van der Waals surface area contributed by atoms with Gasteiger partial charge in [0, 0.05) is 11.5 Å². The largest absolute Gasteiger partial charge is 0.487 e. The molecule has 0 N–H and O–H groups in total. The van der Waals surface area contributed by atoms with Crippen molar-refractivity contribution in [2.45, 2.75) is 31.8 Å². The third-order valence-corrected chi connectivity index (χ3v) is 6.74. The van der Waals surface area contributed by atoms with Gasteiger partial charge >= 0.3 is 5.97 Å². The number of hydrogen-bond acceptors (Lipinski definition) is 5. The molecule has 0 amide bonds. The van der Waals surface area contributed by atoms with Crippen LogP contribution in [-0.4, -0.2) is 32.9 Å². The zero-order chi connectivity index (χ0) is 21.0. The average molecular weight is 415 g/mol. The van der Waals surface area contributed by atoms with Gasteiger partial charge < -0.3 is 9.47 Å². The summed E-state index contributed by atoms with van der Waals surface area (Å²) in [4.78, 5) is 13.1. The van der Waals surface area contributed by atoms with Gasteiger partial charge in [0.05, 0.1) is 22.8 Å². The first-order valence-electron chi connectivity index (χ1n) is 9.76. The van der Waals surface area contributed by atoms with Crippen LogP contribution in [0.5, 0.6) is 0 Å². The van der Waals surface area contributed by atoms with Crippen LogP contribution in [0.3, 0.4) is 0 Å². The van der Waals surface area contributed by atoms with E-state index < -0.39 is 21.9 Å². The van der Waals surface area contributed by atoms with Crippen LogP contribution < -0.4 is 0 Å². The normalized spacial score (nSPS) is 19.3. The minimum atomic E-state index is -3.58. The van der Waals surface area contributed by atoms with Crippen LogP contribution in [0, 0.1) is 11.8 Å². The van der Waals surface area contributed by atoms with E-state index in [2.05, 4.69) is 0 Å². The van der Waals surface area contributed by atoms with Crippen LogP contribution >= 0.6 is 0 Å². The Balaban J connectivity index is 2.02. The van der Waals surface area contributed by atoms with E-state index in [1.807, 2.05) is 44.2 Å². The molecule has 0 radical (unpaired) electrons. The van der Waals surface area contributed by atoms with Gasteiger partial charge in [0.25, 0.3) is 0 Å². The SMILES string of the molecule is CCOC(=O)C1=C(c2ccccc2)O[C@H](CS(=O)(=O)c2ccccc2)[C@H]1C(C)C. The summed E-state index contributed by atoms with van der Waals surface area (Å²) in [6.07, 6.45) is -0.671. The highest BCUT2D eigenvalue weighted by Gasteiger charge is 2.45. The Hall–Kier alpha value is -2.60. The molecule has 0 unspecified atom stereocenters. The zero-order valence-corrected chi connectivity index (χ0v) is 17.7. The van der Waals surface area contributed by atoms with Crippen molar-refractivity contribution in [1.29, 1.82) is 0 Å². The first-order valence-corrected chi connectivity index (χ1v) is 11.4. The quantitative estimate of drug-likeness (QED) is 0.638. The van der Waals surface area contributed by atoms with Crippen LogP contribution in [0.1, 0.15) is 26.3 Å². The van der Waals surface area contributed by atoms with Crippen LogP contribution in [0.2, 0.25) is 0 Å². The van der Waals surface area contributed by atoms with Crippen molar-refractivity contribution < 1.29 is 22.7 Å². The van der Waals surface area contributed by atoms with E-state index in [9.17, 15) is 13.2 Å². The lowest BCUT2D eigenvalue weighted by Crippen LogP contribution is -2.33. The molecular weight excluding hydrogens is 388 g/mol. The predicted octanol–water partition coefficient (Wildman–Crippen LogP) is 4.11. The summed E-state index contributed by atoms with van der Waals surface area (Å²) in [7, 11) is -3.58. The number of carbonyl (C=O) groups is 1. The molecule has 2 aromatic carbocycles. The minimum absolute atomic E-state index is 0.00779. The second kappa shape index (κ2) is 8.82. The maximum absolute atomic E-state index is 13.0. The summed E-state index contributed by atoms with van der Waals surface area (Å²) in [6.45, 7) is 5.91. The molecule has 0 spiro atoms. The highest BCUT2D eigenvalue weighted by Crippen LogP contribution is 2.42. The van der Waals surface area contributed by atoms with Gasteiger partial charge in [0.1, 0.15) is 11.9 Å². The molecule has 1 aliphatic heterocycles. The summed E-state index contributed by atoms with van der Waals surface area (Å²) in [5.41, 5.74) is 1.15. The molecule has 3 rings (SSSR count). The van der Waals surface area contributed by atoms with Crippen molar-refractivity contribution in [2.75, 3.05) is 12.4 Å². The molecule has 6 heteroatoms. The number of esters is 1. The van der Waals surface area contributed by atoms with E-state index in [1.54, 1.807) is 37.3 Å². The van der Waals surface area contributed by atoms with Gasteiger partial charge in [0.15, 0.2) is 9.84 Å². The lowest BCUT2D eigenvalue weighted by atomic mass is 9.84. The third-order valence-electron chi connectivity index (χ3n) is 4.98. The number of ether oxygens (including phenoxy) is 2. The second-order valence-electron chi connectivity index (χ2n) is 7.35. The fourth-order valence-corrected chi connectivity index (χ4v) is 5.19. The molecule has 154 valence electrons. The van der Waals surface area contributed by atoms with Gasteiger partial charge in [-0.2, -0.15) is 0 Å². The molecular formula is C23H26O5S. The zero-order valence-electron chi connectivity index (χ0n) is 16.9. The molecule has 29 heavy (non-hydrogen) atoms. The maximum atomic E-state index is 13.0. The van der Waals surface area contributed by atoms with Crippen LogP contribution in [0.15, 0.2) is 71.1 Å². The molecule has 0 aliphatic carbocycles. The van der Waals surface area contributed by atoms with E-state index >= 15 is 0 Å². The van der Waals surface area contributed by atoms with Gasteiger partial charge in [0.2, 0.25) is 0 Å². The van der Waals surface area contributed by atoms with Gasteiger partial charge in [-0.25, -0.2) is 13.2 Å². The van der Waals surface area contributed by atoms with E-state index in [-0.39, 0.29) is 29.1 Å². The minimum Gasteiger partial charge on any atom is -0.487 e. The number of hydrogen-bond donors (Lipinski definition) is 0. The third kappa shape index (κ3) is 4.53. The van der Waals surface area contributed by atoms with Crippen LogP contribution in [-0.2, 0) is 24.1 Å². The molecule has 0 bridgehead atoms. The Morgan fingerprint density at radius 3 is 2.17 bits per heavy atom. The molecule has 2 atom stereocenters. The first kappa shape index (κ1) is 21.1. The highest BCUT2D eigenvalue weighted by molar-refractivity contribution is 7.91. The first-order chi connectivity index (χ1) is 13.8. The van der Waals surface area contributed by atoms with E-state index in [4.69, 9.17) is 9.47 Å². The molecule has 1 heterocycles. The fraction of sp³-hybridized carbons (Fsp3) is 0.348. The number of rotatable bonds is 7. The Kier molecular flexibility index (Phi) is 6.42. The molecule has 0 saturated heterocycles. The molecule has 0 saturated carbocycles. The monoisotopic (exact) mass is 414 g/mol. The molecule has 2 aromatic rings. The standard InChI is InChI=1S/C23H26O5S/c1-4-27-23(24)21-20(16(2)3)19(28-22(21)17-11-7-5-8-12-17)15-29(25,26)18-13-9-6-10-14-18/h5-14,16,19-20H,4,15H2,1-3H3/t19-,20-/m1/s1. The van der Waals surface area contributed by atoms with E-state index in [1.165, 1.54) is 0 Å². The highest BCUT2D eigenvalue weighted by atomic mass is 32.2. The van der Waals surface area contributed by atoms with Crippen molar-refractivity contribution in [3.8, 4) is 0 Å². The smallest absolute Gasteiger partial charge is 0.338 e. The van der Waals surface area contributed by atoms with Crippen molar-refractivity contribution in [1.82, 2.24) is 0 Å². The van der Waals surface area contributed by atoms with E-state index in [0.29, 0.717) is 11.3 Å². The Morgan fingerprint density at radius 2 is 1.62 bits per heavy atom. The van der Waals surface area contributed by atoms with Crippen molar-refractivity contribution in [3.05, 3.63) is 71.8 Å². The Labute approximate surface area is 172 Å². The van der Waals surface area contributed by atoms with Crippen molar-refractivity contribution >= 4 is 21.6 Å². The van der Waals surface area contributed by atoms with Crippen LogP contribution in [0.25, 0.3) is 5.76 Å². The fourth-order valence-electron chi connectivity index (χ4n) is 3.72. The van der Waals surface area contributed by atoms with Gasteiger partial charge in [-0.1, -0.05) is 62.4 Å². The van der Waals surface area contributed by atoms with Gasteiger partial charge in [-0.05, 0) is 25.0 Å². The topological polar surface area (TPSA) is 69.7 Å². The number of sulfone groups is 1. The number of carbonyl (C=O) groups excluding carboxylic acids is 1. The molecule has 0 aromatic heterocycles. The predicted molar refractivity (Wildman–Crippen MR) is 112 cm³/mol.